The topological polar surface area (TPSA) is 75.6 Å². The maximum Gasteiger partial charge on any atom is 0.404 e. The van der Waals surface area contributed by atoms with Crippen molar-refractivity contribution >= 4 is 12.1 Å². The van der Waals surface area contributed by atoms with Crippen LogP contribution in [0.15, 0.2) is 0 Å². The molecule has 0 aliphatic rings. The van der Waals surface area contributed by atoms with Crippen molar-refractivity contribution in [1.82, 2.24) is 5.32 Å². The predicted molar refractivity (Wildman–Crippen MR) is 46.5 cm³/mol. The smallest absolute Gasteiger partial charge is 0.404 e. The second-order valence-corrected chi connectivity index (χ2v) is 2.67. The van der Waals surface area contributed by atoms with E-state index in [2.05, 4.69) is 5.32 Å². The molecule has 1 unspecified atom stereocenters. The first-order valence-corrected chi connectivity index (χ1v) is 4.22. The number of carbonyl (C=O) groups excluding carboxylic acids is 1. The maximum absolute atomic E-state index is 10.8. The van der Waals surface area contributed by atoms with Crippen LogP contribution >= 0.6 is 0 Å². The van der Waals surface area contributed by atoms with Gasteiger partial charge in [-0.05, 0) is 6.92 Å². The van der Waals surface area contributed by atoms with Crippen LogP contribution in [0.3, 0.4) is 0 Å². The second-order valence-electron chi connectivity index (χ2n) is 2.67. The summed E-state index contributed by atoms with van der Waals surface area (Å²) in [4.78, 5) is 20.8. The van der Waals surface area contributed by atoms with Crippen LogP contribution in [0, 0.1) is 0 Å². The van der Waals surface area contributed by atoms with Gasteiger partial charge in [-0.25, -0.2) is 4.79 Å². The molecule has 0 heterocycles. The summed E-state index contributed by atoms with van der Waals surface area (Å²) in [6.07, 6.45) is -0.456. The average Bonchev–Trinajstić information content (AvgIpc) is 2.03. The molecule has 13 heavy (non-hydrogen) atoms. The molecule has 1 atom stereocenters. The molecule has 0 spiro atoms. The van der Waals surface area contributed by atoms with Gasteiger partial charge in [-0.3, -0.25) is 4.79 Å². The van der Waals surface area contributed by atoms with Crippen LogP contribution in [0.4, 0.5) is 4.79 Å². The van der Waals surface area contributed by atoms with Crippen LogP contribution < -0.4 is 5.32 Å². The fourth-order valence-corrected chi connectivity index (χ4v) is 0.749. The van der Waals surface area contributed by atoms with Gasteiger partial charge in [0.1, 0.15) is 6.10 Å². The van der Waals surface area contributed by atoms with Gasteiger partial charge in [-0.15, -0.1) is 0 Å². The summed E-state index contributed by atoms with van der Waals surface area (Å²) in [6.45, 7) is 3.75. The van der Waals surface area contributed by atoms with Gasteiger partial charge in [0.2, 0.25) is 0 Å². The van der Waals surface area contributed by atoms with Crippen LogP contribution in [0.5, 0.6) is 0 Å². The number of ether oxygens (including phenoxy) is 1. The van der Waals surface area contributed by atoms with Gasteiger partial charge >= 0.3 is 12.1 Å². The van der Waals surface area contributed by atoms with Crippen molar-refractivity contribution in [2.24, 2.45) is 0 Å². The van der Waals surface area contributed by atoms with E-state index < -0.39 is 6.09 Å². The summed E-state index contributed by atoms with van der Waals surface area (Å²) in [5.41, 5.74) is 0. The number of hydrogen-bond donors (Lipinski definition) is 2. The van der Waals surface area contributed by atoms with Crippen molar-refractivity contribution in [3.8, 4) is 0 Å². The van der Waals surface area contributed by atoms with Crippen LogP contribution in [0.2, 0.25) is 0 Å². The SMILES string of the molecule is CCC(=O)OC(C)CCNC(=O)O. The van der Waals surface area contributed by atoms with Crippen LogP contribution in [0.1, 0.15) is 26.7 Å². The molecular weight excluding hydrogens is 174 g/mol. The van der Waals surface area contributed by atoms with E-state index in [1.165, 1.54) is 0 Å². The van der Waals surface area contributed by atoms with E-state index in [-0.39, 0.29) is 12.1 Å². The lowest BCUT2D eigenvalue weighted by Crippen LogP contribution is -2.26. The molecular formula is C8H15NO4. The van der Waals surface area contributed by atoms with E-state index in [1.807, 2.05) is 0 Å². The number of amides is 1. The summed E-state index contributed by atoms with van der Waals surface area (Å²) in [5, 5.41) is 10.4. The minimum atomic E-state index is -1.06. The molecule has 0 saturated heterocycles. The molecule has 0 aliphatic carbocycles. The summed E-state index contributed by atoms with van der Waals surface area (Å²) < 4.78 is 4.91. The van der Waals surface area contributed by atoms with E-state index in [0.29, 0.717) is 19.4 Å². The van der Waals surface area contributed by atoms with Gasteiger partial charge in [0.05, 0.1) is 0 Å². The zero-order valence-corrected chi connectivity index (χ0v) is 7.87. The number of rotatable bonds is 5. The zero-order chi connectivity index (χ0) is 10.3. The van der Waals surface area contributed by atoms with E-state index in [1.54, 1.807) is 13.8 Å². The Bertz CT molecular complexity index is 181. The van der Waals surface area contributed by atoms with Crippen molar-refractivity contribution in [3.63, 3.8) is 0 Å². The van der Waals surface area contributed by atoms with Crippen LogP contribution in [-0.2, 0) is 9.53 Å². The Morgan fingerprint density at radius 3 is 2.62 bits per heavy atom. The molecule has 2 N–H and O–H groups in total. The van der Waals surface area contributed by atoms with Gasteiger partial charge < -0.3 is 15.2 Å². The molecule has 0 bridgehead atoms. The number of esters is 1. The van der Waals surface area contributed by atoms with Crippen LogP contribution in [0.25, 0.3) is 0 Å². The quantitative estimate of drug-likeness (QED) is 0.632. The summed E-state index contributed by atoms with van der Waals surface area (Å²) in [6, 6.07) is 0. The number of nitrogens with one attached hydrogen (secondary N) is 1. The highest BCUT2D eigenvalue weighted by Crippen LogP contribution is 1.98. The molecule has 0 aromatic carbocycles. The normalized spacial score (nSPS) is 11.8. The minimum Gasteiger partial charge on any atom is -0.465 e. The molecule has 5 heteroatoms. The Hall–Kier alpha value is -1.26. The van der Waals surface area contributed by atoms with Gasteiger partial charge in [0, 0.05) is 19.4 Å². The first-order chi connectivity index (χ1) is 6.06. The molecule has 0 aromatic rings. The highest BCUT2D eigenvalue weighted by Gasteiger charge is 2.07. The van der Waals surface area contributed by atoms with Crippen molar-refractivity contribution in [2.45, 2.75) is 32.8 Å². The standard InChI is InChI=1S/C8H15NO4/c1-3-7(10)13-6(2)4-5-9-8(11)12/h6,9H,3-5H2,1-2H3,(H,11,12). The second kappa shape index (κ2) is 6.28. The minimum absolute atomic E-state index is 0.237. The fraction of sp³-hybridized carbons (Fsp3) is 0.750. The van der Waals surface area contributed by atoms with E-state index in [4.69, 9.17) is 9.84 Å². The first-order valence-electron chi connectivity index (χ1n) is 4.22. The summed E-state index contributed by atoms with van der Waals surface area (Å²) in [7, 11) is 0. The third-order valence-electron chi connectivity index (χ3n) is 1.45. The van der Waals surface area contributed by atoms with E-state index in [9.17, 15) is 9.59 Å². The van der Waals surface area contributed by atoms with Crippen molar-refractivity contribution in [3.05, 3.63) is 0 Å². The monoisotopic (exact) mass is 189 g/mol. The average molecular weight is 189 g/mol. The molecule has 1 amide bonds. The lowest BCUT2D eigenvalue weighted by Gasteiger charge is -2.11. The highest BCUT2D eigenvalue weighted by molar-refractivity contribution is 5.69. The number of carboxylic acid groups (broad SMARTS) is 1. The zero-order valence-electron chi connectivity index (χ0n) is 7.87. The summed E-state index contributed by atoms with van der Waals surface area (Å²) in [5.74, 6) is -0.261. The third kappa shape index (κ3) is 7.11. The van der Waals surface area contributed by atoms with E-state index in [0.717, 1.165) is 0 Å². The predicted octanol–water partition coefficient (Wildman–Crippen LogP) is 0.986. The van der Waals surface area contributed by atoms with Gasteiger partial charge in [-0.1, -0.05) is 6.92 Å². The largest absolute Gasteiger partial charge is 0.465 e. The maximum atomic E-state index is 10.8. The van der Waals surface area contributed by atoms with Gasteiger partial charge in [0.15, 0.2) is 0 Å². The van der Waals surface area contributed by atoms with Crippen molar-refractivity contribution in [1.29, 1.82) is 0 Å². The Labute approximate surface area is 77.1 Å². The lowest BCUT2D eigenvalue weighted by atomic mass is 10.3. The van der Waals surface area contributed by atoms with Crippen molar-refractivity contribution < 1.29 is 19.4 Å². The fourth-order valence-electron chi connectivity index (χ4n) is 0.749. The van der Waals surface area contributed by atoms with Gasteiger partial charge in [-0.2, -0.15) is 0 Å². The first kappa shape index (κ1) is 11.7. The molecule has 0 aliphatic heterocycles. The van der Waals surface area contributed by atoms with Crippen molar-refractivity contribution in [2.75, 3.05) is 6.54 Å². The molecule has 5 nitrogen and oxygen atoms in total. The molecule has 0 rings (SSSR count). The molecule has 0 saturated carbocycles. The third-order valence-corrected chi connectivity index (χ3v) is 1.45. The van der Waals surface area contributed by atoms with E-state index >= 15 is 0 Å². The van der Waals surface area contributed by atoms with Gasteiger partial charge in [0.25, 0.3) is 0 Å². The highest BCUT2D eigenvalue weighted by atomic mass is 16.5. The number of carbonyl (C=O) groups is 2. The molecule has 0 fully saturated rings. The molecule has 0 aromatic heterocycles. The Morgan fingerprint density at radius 1 is 1.54 bits per heavy atom. The number of hydrogen-bond acceptors (Lipinski definition) is 3. The Kier molecular flexibility index (Phi) is 5.67. The molecule has 0 radical (unpaired) electrons. The lowest BCUT2D eigenvalue weighted by molar-refractivity contribution is -0.147. The Balaban J connectivity index is 3.45. The molecule has 76 valence electrons. The Morgan fingerprint density at radius 2 is 2.15 bits per heavy atom. The summed E-state index contributed by atoms with van der Waals surface area (Å²) >= 11 is 0. The van der Waals surface area contributed by atoms with Crippen LogP contribution in [-0.4, -0.2) is 29.8 Å².